The quantitative estimate of drug-likeness (QED) is 0.108. The second-order valence-corrected chi connectivity index (χ2v) is 15.7. The molecule has 52 heavy (non-hydrogen) atoms. The molecule has 0 bridgehead atoms. The van der Waals surface area contributed by atoms with E-state index >= 15 is 0 Å². The smallest absolute Gasteiger partial charge is 0.346 e. The molecule has 2 saturated heterocycles. The summed E-state index contributed by atoms with van der Waals surface area (Å²) in [5, 5.41) is 14.1. The molecule has 7 rings (SSSR count). The fourth-order valence-electron chi connectivity index (χ4n) is 7.64. The molecule has 274 valence electrons. The van der Waals surface area contributed by atoms with Crippen molar-refractivity contribution in [3.05, 3.63) is 95.3 Å². The number of aliphatic imine (C=N–C) groups is 1. The van der Waals surface area contributed by atoms with Crippen molar-refractivity contribution in [1.82, 2.24) is 24.8 Å². The molecular formula is C41H54N9O2+. The predicted molar refractivity (Wildman–Crippen MR) is 206 cm³/mol. The number of fused-ring (bicyclic) bond motifs is 2. The summed E-state index contributed by atoms with van der Waals surface area (Å²) in [6, 6.07) is 20.4. The van der Waals surface area contributed by atoms with Gasteiger partial charge in [0.05, 0.1) is 12.2 Å². The van der Waals surface area contributed by atoms with Crippen LogP contribution in [-0.2, 0) is 6.54 Å². The third kappa shape index (κ3) is 8.32. The Labute approximate surface area is 307 Å². The minimum atomic E-state index is -0.394. The number of nitrogens with one attached hydrogen (secondary N) is 1. The number of ether oxygens (including phenoxy) is 1. The van der Waals surface area contributed by atoms with Crippen LogP contribution in [0.2, 0.25) is 0 Å². The minimum Gasteiger partial charge on any atom is -0.484 e. The van der Waals surface area contributed by atoms with Crippen LogP contribution in [0.3, 0.4) is 0 Å². The maximum absolute atomic E-state index is 13.7. The summed E-state index contributed by atoms with van der Waals surface area (Å²) in [6.07, 6.45) is 11.2. The molecule has 11 heteroatoms. The number of benzene rings is 2. The van der Waals surface area contributed by atoms with E-state index in [9.17, 15) is 4.79 Å². The number of pyridine rings is 1. The highest BCUT2D eigenvalue weighted by Gasteiger charge is 2.30. The summed E-state index contributed by atoms with van der Waals surface area (Å²) in [6.45, 7) is 12.6. The van der Waals surface area contributed by atoms with E-state index in [0.717, 1.165) is 79.6 Å². The number of likely N-dealkylation sites (tertiary alicyclic amines) is 1. The van der Waals surface area contributed by atoms with Crippen LogP contribution in [0, 0.1) is 5.41 Å². The van der Waals surface area contributed by atoms with Gasteiger partial charge in [0.15, 0.2) is 5.65 Å². The Morgan fingerprint density at radius 3 is 2.56 bits per heavy atom. The molecule has 4 heterocycles. The first-order valence-corrected chi connectivity index (χ1v) is 19.0. The van der Waals surface area contributed by atoms with Crippen molar-refractivity contribution in [2.45, 2.75) is 97.4 Å². The van der Waals surface area contributed by atoms with E-state index in [1.165, 1.54) is 24.8 Å². The van der Waals surface area contributed by atoms with Gasteiger partial charge in [0, 0.05) is 42.4 Å². The largest absolute Gasteiger partial charge is 0.484 e. The lowest BCUT2D eigenvalue weighted by atomic mass is 9.85. The van der Waals surface area contributed by atoms with Crippen molar-refractivity contribution in [2.24, 2.45) is 16.1 Å². The zero-order chi connectivity index (χ0) is 36.2. The fraction of sp³-hybridized carbons (Fsp3) is 0.463. The minimum absolute atomic E-state index is 0.162. The molecule has 0 unspecified atom stereocenters. The van der Waals surface area contributed by atoms with Crippen LogP contribution < -0.4 is 26.0 Å². The van der Waals surface area contributed by atoms with Crippen LogP contribution in [0.4, 0.5) is 16.4 Å². The zero-order valence-corrected chi connectivity index (χ0v) is 31.1. The lowest BCUT2D eigenvalue weighted by molar-refractivity contribution is -0.441. The first-order chi connectivity index (χ1) is 25.1. The summed E-state index contributed by atoms with van der Waals surface area (Å²) in [5.74, 6) is 2.15. The average molecular weight is 705 g/mol. The van der Waals surface area contributed by atoms with Gasteiger partial charge in [0.25, 0.3) is 0 Å². The van der Waals surface area contributed by atoms with Gasteiger partial charge < -0.3 is 20.7 Å². The number of quaternary nitrogens is 1. The van der Waals surface area contributed by atoms with Crippen molar-refractivity contribution in [3.8, 4) is 5.75 Å². The van der Waals surface area contributed by atoms with Crippen molar-refractivity contribution < 1.29 is 14.8 Å². The molecule has 2 amide bonds. The molecule has 2 aliphatic heterocycles. The third-order valence-corrected chi connectivity index (χ3v) is 10.7. The number of allylic oxidation sites excluding steroid dienone is 1. The maximum Gasteiger partial charge on any atom is 0.346 e. The number of nitrogens with two attached hydrogens (primary N) is 2. The second-order valence-electron chi connectivity index (χ2n) is 15.7. The number of nitrogens with zero attached hydrogens (tertiary/aromatic N) is 6. The van der Waals surface area contributed by atoms with Gasteiger partial charge in [-0.2, -0.15) is 0 Å². The molecule has 2 aromatic carbocycles. The van der Waals surface area contributed by atoms with E-state index in [4.69, 9.17) is 10.5 Å². The number of amides is 2. The molecule has 0 radical (unpaired) electrons. The standard InChI is InChI=1S/C41H53N9O2/c1-28-12-7-8-23-49(28)40-47-46-38-20-17-31(27-50(38)40)52-35-19-18-34(32-15-5-6-16-33(32)35)44-39(51)45-37(25-36(42)41(2,3)4)43-30-14-11-13-29(24-30)26-48-21-9-10-22-48/h5-6,11,13-17,20,24-25,27-28,34-35H,7-10,12,18-19,21-23,26,42H2,1-4H3,(H2,43,44,45,51)/p+1/b36-25-/t28-,34-,35+/m0/s1. The van der Waals surface area contributed by atoms with Crippen LogP contribution in [0.1, 0.15) is 101 Å². The highest BCUT2D eigenvalue weighted by molar-refractivity contribution is 5.96. The van der Waals surface area contributed by atoms with Crippen LogP contribution >= 0.6 is 0 Å². The lowest BCUT2D eigenvalue weighted by Crippen LogP contribution is -2.82. The number of aromatic nitrogens is 3. The summed E-state index contributed by atoms with van der Waals surface area (Å²) < 4.78 is 8.72. The van der Waals surface area contributed by atoms with Crippen molar-refractivity contribution in [2.75, 3.05) is 24.5 Å². The number of piperidine rings is 1. The van der Waals surface area contributed by atoms with Gasteiger partial charge in [-0.3, -0.25) is 14.6 Å². The van der Waals surface area contributed by atoms with Crippen LogP contribution in [-0.4, -0.2) is 57.0 Å². The van der Waals surface area contributed by atoms with E-state index in [1.807, 2.05) is 46.3 Å². The molecule has 3 atom stereocenters. The van der Waals surface area contributed by atoms with Crippen molar-refractivity contribution in [1.29, 1.82) is 0 Å². The van der Waals surface area contributed by atoms with E-state index < -0.39 is 6.03 Å². The Morgan fingerprint density at radius 2 is 1.77 bits per heavy atom. The summed E-state index contributed by atoms with van der Waals surface area (Å²) in [7, 11) is 0. The fourth-order valence-corrected chi connectivity index (χ4v) is 7.64. The number of hydrogen-bond donors (Lipinski definition) is 3. The van der Waals surface area contributed by atoms with Crippen LogP contribution in [0.25, 0.3) is 5.65 Å². The molecule has 4 aromatic rings. The molecule has 3 aliphatic rings. The highest BCUT2D eigenvalue weighted by Crippen LogP contribution is 2.39. The Morgan fingerprint density at radius 1 is 0.981 bits per heavy atom. The second kappa shape index (κ2) is 15.5. The van der Waals surface area contributed by atoms with Gasteiger partial charge in [-0.15, -0.1) is 15.2 Å². The first kappa shape index (κ1) is 35.7. The van der Waals surface area contributed by atoms with E-state index in [0.29, 0.717) is 24.0 Å². The Bertz CT molecular complexity index is 1940. The molecule has 2 fully saturated rings. The highest BCUT2D eigenvalue weighted by atomic mass is 16.5. The number of urea groups is 1. The maximum atomic E-state index is 13.7. The Balaban J connectivity index is 1.08. The van der Waals surface area contributed by atoms with Gasteiger partial charge in [0.2, 0.25) is 11.8 Å². The topological polar surface area (TPSA) is 130 Å². The summed E-state index contributed by atoms with van der Waals surface area (Å²) >= 11 is 0. The Kier molecular flexibility index (Phi) is 10.6. The van der Waals surface area contributed by atoms with Gasteiger partial charge in [-0.05, 0) is 99.8 Å². The third-order valence-electron chi connectivity index (χ3n) is 10.7. The first-order valence-electron chi connectivity index (χ1n) is 19.0. The number of anilines is 1. The van der Waals surface area contributed by atoms with Gasteiger partial charge >= 0.3 is 6.03 Å². The predicted octanol–water partition coefficient (Wildman–Crippen LogP) is 6.55. The lowest BCUT2D eigenvalue weighted by Gasteiger charge is -2.33. The van der Waals surface area contributed by atoms with E-state index in [1.54, 1.807) is 0 Å². The van der Waals surface area contributed by atoms with Gasteiger partial charge in [-0.25, -0.2) is 4.79 Å². The molecule has 1 aliphatic carbocycles. The molecule has 0 saturated carbocycles. The number of carbonyl (C=O) groups is 1. The van der Waals surface area contributed by atoms with Crippen molar-refractivity contribution in [3.63, 3.8) is 0 Å². The number of carbonyl (C=O) groups excluding carboxylic acids is 1. The van der Waals surface area contributed by atoms with Gasteiger partial charge in [0.1, 0.15) is 17.5 Å². The number of hydrogen-bond acceptors (Lipinski definition) is 7. The van der Waals surface area contributed by atoms with E-state index in [-0.39, 0.29) is 17.6 Å². The Hall–Kier alpha value is -4.74. The van der Waals surface area contributed by atoms with Crippen molar-refractivity contribution >= 4 is 29.1 Å². The van der Waals surface area contributed by atoms with E-state index in [2.05, 4.69) is 94.4 Å². The number of rotatable bonds is 8. The normalized spacial score (nSPS) is 21.7. The molecule has 2 aromatic heterocycles. The SMILES string of the molecule is C[C@H]1CCCCN1c1nnc2ccc(O[C@@H]3CC[C@H](NC(=O)/N=C(\C=C(/N)C(C)(C)C)[NH2+]c4cccc(CN5CCCC5)c4)c4ccccc43)cn12. The molecule has 5 N–H and O–H groups in total. The zero-order valence-electron chi connectivity index (χ0n) is 31.1. The summed E-state index contributed by atoms with van der Waals surface area (Å²) in [5.41, 5.74) is 12.1. The monoisotopic (exact) mass is 704 g/mol. The van der Waals surface area contributed by atoms with Gasteiger partial charge in [-0.1, -0.05) is 57.2 Å². The molecule has 11 nitrogen and oxygen atoms in total. The average Bonchev–Trinajstić information content (AvgIpc) is 3.79. The van der Waals surface area contributed by atoms with Crippen LogP contribution in [0.15, 0.2) is 83.6 Å². The summed E-state index contributed by atoms with van der Waals surface area (Å²) in [4.78, 5) is 23.1. The number of amidine groups is 1. The van der Waals surface area contributed by atoms with Crippen LogP contribution in [0.5, 0.6) is 5.75 Å². The molecular weight excluding hydrogens is 651 g/mol. The molecule has 0 spiro atoms.